The van der Waals surface area contributed by atoms with E-state index >= 15 is 0 Å². The monoisotopic (exact) mass is 417 g/mol. The molecule has 5 rings (SSSR count). The molecule has 3 heteroatoms. The van der Waals surface area contributed by atoms with Crippen molar-refractivity contribution in [1.29, 1.82) is 5.26 Å². The maximum Gasteiger partial charge on any atom is 0.212 e. The standard InChI is InChI=1S/C29H25N2O/c1-18(2)22-10-11-31(4)27(15-22)23-16-28-25(12-19(23)3)26-14-20(17-30)13-24(29(26)32-28)21-8-6-5-7-9-21/h5-16,18H,1-4H3/q+1. The first kappa shape index (κ1) is 20.0. The summed E-state index contributed by atoms with van der Waals surface area (Å²) in [6.07, 6.45) is 2.12. The van der Waals surface area contributed by atoms with Gasteiger partial charge in [-0.25, -0.2) is 4.57 Å². The number of hydrogen-bond donors (Lipinski definition) is 0. The predicted octanol–water partition coefficient (Wildman–Crippen LogP) is 7.05. The average Bonchev–Trinajstić information content (AvgIpc) is 3.16. The van der Waals surface area contributed by atoms with Crippen molar-refractivity contribution in [2.45, 2.75) is 26.7 Å². The summed E-state index contributed by atoms with van der Waals surface area (Å²) >= 11 is 0. The van der Waals surface area contributed by atoms with E-state index in [2.05, 4.69) is 81.1 Å². The molecule has 2 aromatic heterocycles. The van der Waals surface area contributed by atoms with Gasteiger partial charge in [0.25, 0.3) is 0 Å². The van der Waals surface area contributed by atoms with E-state index in [0.717, 1.165) is 44.3 Å². The molecule has 0 N–H and O–H groups in total. The Hall–Kier alpha value is -3.90. The van der Waals surface area contributed by atoms with E-state index in [1.165, 1.54) is 11.1 Å². The Kier molecular flexibility index (Phi) is 4.79. The van der Waals surface area contributed by atoms with Crippen LogP contribution in [0.25, 0.3) is 44.3 Å². The van der Waals surface area contributed by atoms with E-state index in [9.17, 15) is 5.26 Å². The minimum Gasteiger partial charge on any atom is -0.455 e. The highest BCUT2D eigenvalue weighted by Crippen LogP contribution is 2.39. The fourth-order valence-corrected chi connectivity index (χ4v) is 4.42. The fourth-order valence-electron chi connectivity index (χ4n) is 4.42. The van der Waals surface area contributed by atoms with Crippen molar-refractivity contribution >= 4 is 21.9 Å². The largest absolute Gasteiger partial charge is 0.455 e. The van der Waals surface area contributed by atoms with Gasteiger partial charge in [-0.15, -0.1) is 0 Å². The zero-order chi connectivity index (χ0) is 22.4. The topological polar surface area (TPSA) is 40.8 Å². The van der Waals surface area contributed by atoms with Crippen LogP contribution in [0, 0.1) is 18.3 Å². The SMILES string of the molecule is Cc1cc2c(cc1-c1cc(C(C)C)cc[n+]1C)oc1c(-c3ccccc3)cc(C#N)cc12. The number of nitriles is 1. The Bertz CT molecular complexity index is 1520. The zero-order valence-electron chi connectivity index (χ0n) is 18.8. The van der Waals surface area contributed by atoms with E-state index < -0.39 is 0 Å². The van der Waals surface area contributed by atoms with Crippen molar-refractivity contribution < 1.29 is 8.98 Å². The fraction of sp³-hybridized carbons (Fsp3) is 0.172. The summed E-state index contributed by atoms with van der Waals surface area (Å²) in [5.41, 5.74) is 9.10. The van der Waals surface area contributed by atoms with Gasteiger partial charge in [0.1, 0.15) is 18.2 Å². The molecule has 0 saturated carbocycles. The van der Waals surface area contributed by atoms with Gasteiger partial charge in [0.2, 0.25) is 5.69 Å². The molecule has 0 saturated heterocycles. The van der Waals surface area contributed by atoms with Crippen molar-refractivity contribution in [3.05, 3.63) is 89.6 Å². The van der Waals surface area contributed by atoms with Gasteiger partial charge in [0.15, 0.2) is 6.20 Å². The van der Waals surface area contributed by atoms with Crippen LogP contribution in [0.1, 0.15) is 36.5 Å². The molecule has 0 aliphatic heterocycles. The number of fused-ring (bicyclic) bond motifs is 3. The third-order valence-electron chi connectivity index (χ3n) is 6.25. The number of benzene rings is 3. The van der Waals surface area contributed by atoms with Crippen LogP contribution in [0.3, 0.4) is 0 Å². The summed E-state index contributed by atoms with van der Waals surface area (Å²) in [5, 5.41) is 11.7. The van der Waals surface area contributed by atoms with E-state index in [4.69, 9.17) is 4.42 Å². The van der Waals surface area contributed by atoms with Crippen molar-refractivity contribution in [3.8, 4) is 28.5 Å². The van der Waals surface area contributed by atoms with Crippen LogP contribution in [0.15, 0.2) is 77.3 Å². The van der Waals surface area contributed by atoms with Crippen LogP contribution in [0.2, 0.25) is 0 Å². The number of aryl methyl sites for hydroxylation is 2. The number of aromatic nitrogens is 1. The third-order valence-corrected chi connectivity index (χ3v) is 6.25. The summed E-state index contributed by atoms with van der Waals surface area (Å²) in [6, 6.07) is 25.1. The first-order chi connectivity index (χ1) is 15.5. The van der Waals surface area contributed by atoms with Gasteiger partial charge in [-0.1, -0.05) is 44.2 Å². The summed E-state index contributed by atoms with van der Waals surface area (Å²) in [4.78, 5) is 0. The minimum atomic E-state index is 0.461. The van der Waals surface area contributed by atoms with E-state index in [0.29, 0.717) is 11.5 Å². The molecule has 156 valence electrons. The molecule has 2 heterocycles. The van der Waals surface area contributed by atoms with Gasteiger partial charge < -0.3 is 4.42 Å². The van der Waals surface area contributed by atoms with Crippen molar-refractivity contribution in [1.82, 2.24) is 0 Å². The number of hydrogen-bond acceptors (Lipinski definition) is 2. The Morgan fingerprint density at radius 1 is 0.906 bits per heavy atom. The lowest BCUT2D eigenvalue weighted by molar-refractivity contribution is -0.660. The normalized spacial score (nSPS) is 11.4. The number of rotatable bonds is 3. The van der Waals surface area contributed by atoms with Crippen LogP contribution in [-0.4, -0.2) is 0 Å². The number of pyridine rings is 1. The minimum absolute atomic E-state index is 0.461. The molecule has 0 unspecified atom stereocenters. The lowest BCUT2D eigenvalue weighted by Gasteiger charge is -2.09. The van der Waals surface area contributed by atoms with E-state index in [1.54, 1.807) is 0 Å². The summed E-state index contributed by atoms with van der Waals surface area (Å²) < 4.78 is 8.61. The van der Waals surface area contributed by atoms with E-state index in [-0.39, 0.29) is 0 Å². The molecule has 0 aliphatic rings. The van der Waals surface area contributed by atoms with Crippen LogP contribution in [-0.2, 0) is 7.05 Å². The van der Waals surface area contributed by atoms with Crippen molar-refractivity contribution in [2.75, 3.05) is 0 Å². The van der Waals surface area contributed by atoms with E-state index in [1.807, 2.05) is 30.3 Å². The Labute approximate surface area is 188 Å². The Balaban J connectivity index is 1.80. The quantitative estimate of drug-likeness (QED) is 0.295. The maximum absolute atomic E-state index is 9.64. The van der Waals surface area contributed by atoms with Gasteiger partial charge in [0.05, 0.1) is 17.2 Å². The first-order valence-electron chi connectivity index (χ1n) is 10.9. The average molecular weight is 418 g/mol. The van der Waals surface area contributed by atoms with Crippen LogP contribution < -0.4 is 4.57 Å². The third kappa shape index (κ3) is 3.25. The second-order valence-electron chi connectivity index (χ2n) is 8.75. The highest BCUT2D eigenvalue weighted by atomic mass is 16.3. The zero-order valence-corrected chi connectivity index (χ0v) is 18.8. The molecule has 32 heavy (non-hydrogen) atoms. The van der Waals surface area contributed by atoms with Gasteiger partial charge in [-0.3, -0.25) is 0 Å². The molecule has 3 nitrogen and oxygen atoms in total. The molecular weight excluding hydrogens is 392 g/mol. The molecule has 5 aromatic rings. The lowest BCUT2D eigenvalue weighted by Crippen LogP contribution is -2.30. The molecule has 0 amide bonds. The molecule has 0 radical (unpaired) electrons. The first-order valence-corrected chi connectivity index (χ1v) is 10.9. The molecule has 0 bridgehead atoms. The predicted molar refractivity (Wildman–Crippen MR) is 129 cm³/mol. The number of nitrogens with zero attached hydrogens (tertiary/aromatic N) is 2. The van der Waals surface area contributed by atoms with Crippen LogP contribution in [0.4, 0.5) is 0 Å². The van der Waals surface area contributed by atoms with Crippen LogP contribution in [0.5, 0.6) is 0 Å². The summed E-state index contributed by atoms with van der Waals surface area (Å²) in [5.74, 6) is 0.461. The second kappa shape index (κ2) is 7.66. The molecule has 3 aromatic carbocycles. The van der Waals surface area contributed by atoms with Crippen molar-refractivity contribution in [3.63, 3.8) is 0 Å². The van der Waals surface area contributed by atoms with Gasteiger partial charge in [0, 0.05) is 28.5 Å². The van der Waals surface area contributed by atoms with Crippen molar-refractivity contribution in [2.24, 2.45) is 7.05 Å². The molecule has 0 fully saturated rings. The summed E-state index contributed by atoms with van der Waals surface area (Å²) in [6.45, 7) is 6.57. The summed E-state index contributed by atoms with van der Waals surface area (Å²) in [7, 11) is 2.08. The lowest BCUT2D eigenvalue weighted by atomic mass is 9.96. The smallest absolute Gasteiger partial charge is 0.212 e. The van der Waals surface area contributed by atoms with Crippen LogP contribution >= 0.6 is 0 Å². The highest BCUT2D eigenvalue weighted by Gasteiger charge is 2.20. The van der Waals surface area contributed by atoms with Gasteiger partial charge >= 0.3 is 0 Å². The maximum atomic E-state index is 9.64. The molecule has 0 spiro atoms. The molecule has 0 aliphatic carbocycles. The Morgan fingerprint density at radius 3 is 2.41 bits per heavy atom. The second-order valence-corrected chi connectivity index (χ2v) is 8.75. The Morgan fingerprint density at radius 2 is 1.69 bits per heavy atom. The molecule has 0 atom stereocenters. The molecular formula is C29H25N2O+. The van der Waals surface area contributed by atoms with Gasteiger partial charge in [-0.2, -0.15) is 5.26 Å². The highest BCUT2D eigenvalue weighted by molar-refractivity contribution is 6.11. The number of furan rings is 1. The van der Waals surface area contributed by atoms with Gasteiger partial charge in [-0.05, 0) is 53.8 Å².